The molecule has 0 unspecified atom stereocenters. The van der Waals surface area contributed by atoms with Crippen LogP contribution in [-0.2, 0) is 0 Å². The van der Waals surface area contributed by atoms with Crippen LogP contribution in [0.15, 0.2) is 18.2 Å². The number of rotatable bonds is 1. The summed E-state index contributed by atoms with van der Waals surface area (Å²) in [4.78, 5) is 2.61. The third kappa shape index (κ3) is 2.86. The molecule has 100 valence electrons. The summed E-state index contributed by atoms with van der Waals surface area (Å²) in [6.45, 7) is 12.5. The van der Waals surface area contributed by atoms with Gasteiger partial charge in [-0.1, -0.05) is 12.1 Å². The van der Waals surface area contributed by atoms with Gasteiger partial charge in [-0.15, -0.1) is 0 Å². The molecular weight excluding hydrogens is 220 g/mol. The molecule has 2 rings (SSSR count). The van der Waals surface area contributed by atoms with Crippen LogP contribution >= 0.6 is 0 Å². The zero-order valence-electron chi connectivity index (χ0n) is 12.2. The van der Waals surface area contributed by atoms with Gasteiger partial charge in [0.2, 0.25) is 0 Å². The Labute approximate surface area is 111 Å². The van der Waals surface area contributed by atoms with Crippen molar-refractivity contribution in [2.75, 3.05) is 24.5 Å². The van der Waals surface area contributed by atoms with Crippen LogP contribution in [0.2, 0.25) is 0 Å². The van der Waals surface area contributed by atoms with E-state index in [1.54, 1.807) is 0 Å². The minimum Gasteiger partial charge on any atom is -0.366 e. The van der Waals surface area contributed by atoms with E-state index >= 15 is 0 Å². The molecule has 0 bridgehead atoms. The lowest BCUT2D eigenvalue weighted by atomic mass is 9.94. The van der Waals surface area contributed by atoms with Crippen LogP contribution in [0.25, 0.3) is 0 Å². The Morgan fingerprint density at radius 1 is 1.17 bits per heavy atom. The first-order chi connectivity index (χ1) is 8.50. The van der Waals surface area contributed by atoms with Crippen molar-refractivity contribution >= 4 is 5.69 Å². The van der Waals surface area contributed by atoms with E-state index in [9.17, 15) is 0 Å². The quantitative estimate of drug-likeness (QED) is 0.818. The third-order valence-electron chi connectivity index (χ3n) is 4.03. The zero-order chi connectivity index (χ0) is 13.2. The molecule has 1 fully saturated rings. The molecule has 0 spiro atoms. The predicted molar refractivity (Wildman–Crippen MR) is 79.4 cm³/mol. The highest BCUT2D eigenvalue weighted by Gasteiger charge is 2.28. The number of anilines is 1. The van der Waals surface area contributed by atoms with Crippen molar-refractivity contribution in [3.05, 3.63) is 29.3 Å². The first-order valence-electron chi connectivity index (χ1n) is 7.06. The van der Waals surface area contributed by atoms with Crippen LogP contribution < -0.4 is 10.2 Å². The average molecular weight is 246 g/mol. The molecule has 1 heterocycles. The molecule has 1 aromatic carbocycles. The molecule has 0 amide bonds. The third-order valence-corrected chi connectivity index (χ3v) is 4.03. The maximum Gasteiger partial charge on any atom is 0.0403 e. The molecule has 1 N–H and O–H groups in total. The fraction of sp³-hybridized carbons (Fsp3) is 0.625. The summed E-state index contributed by atoms with van der Waals surface area (Å²) in [5.74, 6) is 0. The fourth-order valence-electron chi connectivity index (χ4n) is 2.78. The van der Waals surface area contributed by atoms with Crippen LogP contribution in [0.5, 0.6) is 0 Å². The summed E-state index contributed by atoms with van der Waals surface area (Å²) in [5, 5.41) is 3.51. The normalized spacial score (nSPS) is 20.3. The van der Waals surface area contributed by atoms with Crippen molar-refractivity contribution < 1.29 is 0 Å². The van der Waals surface area contributed by atoms with Crippen molar-refractivity contribution in [1.29, 1.82) is 0 Å². The van der Waals surface area contributed by atoms with Gasteiger partial charge < -0.3 is 10.2 Å². The predicted octanol–water partition coefficient (Wildman–Crippen LogP) is 3.27. The molecule has 1 saturated heterocycles. The second-order valence-corrected chi connectivity index (χ2v) is 6.11. The van der Waals surface area contributed by atoms with Crippen molar-refractivity contribution in [3.63, 3.8) is 0 Å². The molecule has 0 radical (unpaired) electrons. The van der Waals surface area contributed by atoms with Crippen LogP contribution in [0.1, 0.15) is 37.8 Å². The highest BCUT2D eigenvalue weighted by Crippen LogP contribution is 2.30. The zero-order valence-corrected chi connectivity index (χ0v) is 12.2. The number of nitrogens with one attached hydrogen (secondary N) is 1. The van der Waals surface area contributed by atoms with E-state index in [4.69, 9.17) is 0 Å². The molecule has 0 aromatic heterocycles. The van der Waals surface area contributed by atoms with E-state index in [0.717, 1.165) is 19.6 Å². The van der Waals surface area contributed by atoms with E-state index in [0.29, 0.717) is 0 Å². The van der Waals surface area contributed by atoms with E-state index in [1.165, 1.54) is 29.7 Å². The molecule has 2 heteroatoms. The van der Waals surface area contributed by atoms with E-state index < -0.39 is 0 Å². The molecule has 1 aromatic rings. The van der Waals surface area contributed by atoms with Gasteiger partial charge in [-0.25, -0.2) is 0 Å². The Bertz CT molecular complexity index is 410. The molecule has 1 aliphatic heterocycles. The highest BCUT2D eigenvalue weighted by molar-refractivity contribution is 5.56. The van der Waals surface area contributed by atoms with Crippen molar-refractivity contribution in [2.45, 2.75) is 46.1 Å². The van der Waals surface area contributed by atoms with Crippen LogP contribution in [0.3, 0.4) is 0 Å². The lowest BCUT2D eigenvalue weighted by Crippen LogP contribution is -2.49. The number of hydrogen-bond donors (Lipinski definition) is 1. The van der Waals surface area contributed by atoms with Gasteiger partial charge in [0.25, 0.3) is 0 Å². The minimum absolute atomic E-state index is 0.228. The van der Waals surface area contributed by atoms with E-state index in [1.807, 2.05) is 0 Å². The maximum atomic E-state index is 3.51. The van der Waals surface area contributed by atoms with Gasteiger partial charge in [-0.05, 0) is 70.8 Å². The lowest BCUT2D eigenvalue weighted by Gasteiger charge is -2.43. The Kier molecular flexibility index (Phi) is 3.96. The Morgan fingerprint density at radius 2 is 1.94 bits per heavy atom. The summed E-state index contributed by atoms with van der Waals surface area (Å²) in [6, 6.07) is 6.79. The van der Waals surface area contributed by atoms with Gasteiger partial charge >= 0.3 is 0 Å². The van der Waals surface area contributed by atoms with Crippen molar-refractivity contribution in [2.24, 2.45) is 0 Å². The Balaban J connectivity index is 2.34. The van der Waals surface area contributed by atoms with Gasteiger partial charge in [-0.3, -0.25) is 0 Å². The number of nitrogens with zero attached hydrogens (tertiary/aromatic N) is 1. The SMILES string of the molecule is Cc1ccc(C)c(N2CCCNCCC2(C)C)c1. The molecule has 0 saturated carbocycles. The topological polar surface area (TPSA) is 15.3 Å². The molecular formula is C16H26N2. The fourth-order valence-corrected chi connectivity index (χ4v) is 2.78. The van der Waals surface area contributed by atoms with Crippen LogP contribution in [0.4, 0.5) is 5.69 Å². The number of hydrogen-bond acceptors (Lipinski definition) is 2. The van der Waals surface area contributed by atoms with Crippen LogP contribution in [0, 0.1) is 13.8 Å². The highest BCUT2D eigenvalue weighted by atomic mass is 15.2. The lowest BCUT2D eigenvalue weighted by molar-refractivity contribution is 0.387. The first-order valence-corrected chi connectivity index (χ1v) is 7.06. The average Bonchev–Trinajstić information content (AvgIpc) is 2.29. The van der Waals surface area contributed by atoms with E-state index in [-0.39, 0.29) is 5.54 Å². The molecule has 18 heavy (non-hydrogen) atoms. The summed E-state index contributed by atoms with van der Waals surface area (Å²) < 4.78 is 0. The Hall–Kier alpha value is -1.02. The second-order valence-electron chi connectivity index (χ2n) is 6.11. The first kappa shape index (κ1) is 13.4. The van der Waals surface area contributed by atoms with Crippen LogP contribution in [-0.4, -0.2) is 25.2 Å². The summed E-state index contributed by atoms with van der Waals surface area (Å²) in [6.07, 6.45) is 2.41. The van der Waals surface area contributed by atoms with Crippen molar-refractivity contribution in [3.8, 4) is 0 Å². The molecule has 0 aliphatic carbocycles. The van der Waals surface area contributed by atoms with Gasteiger partial charge in [0.05, 0.1) is 0 Å². The van der Waals surface area contributed by atoms with Gasteiger partial charge in [-0.2, -0.15) is 0 Å². The largest absolute Gasteiger partial charge is 0.366 e. The molecule has 0 atom stereocenters. The second kappa shape index (κ2) is 5.31. The van der Waals surface area contributed by atoms with Gasteiger partial charge in [0, 0.05) is 17.8 Å². The Morgan fingerprint density at radius 3 is 2.72 bits per heavy atom. The molecule has 1 aliphatic rings. The van der Waals surface area contributed by atoms with Gasteiger partial charge in [0.1, 0.15) is 0 Å². The standard InChI is InChI=1S/C16H26N2/c1-13-6-7-14(2)15(12-13)18-11-5-9-17-10-8-16(18,3)4/h6-7,12,17H,5,8-11H2,1-4H3. The van der Waals surface area contributed by atoms with E-state index in [2.05, 4.69) is 56.1 Å². The van der Waals surface area contributed by atoms with Gasteiger partial charge in [0.15, 0.2) is 0 Å². The smallest absolute Gasteiger partial charge is 0.0403 e. The summed E-state index contributed by atoms with van der Waals surface area (Å²) >= 11 is 0. The van der Waals surface area contributed by atoms with Crippen molar-refractivity contribution in [1.82, 2.24) is 5.32 Å². The maximum absolute atomic E-state index is 3.51. The number of benzene rings is 1. The minimum atomic E-state index is 0.228. The summed E-state index contributed by atoms with van der Waals surface area (Å²) in [5.41, 5.74) is 4.39. The summed E-state index contributed by atoms with van der Waals surface area (Å²) in [7, 11) is 0. The molecule has 2 nitrogen and oxygen atoms in total. The number of aryl methyl sites for hydroxylation is 2. The monoisotopic (exact) mass is 246 g/mol.